The summed E-state index contributed by atoms with van der Waals surface area (Å²) in [6, 6.07) is 9.41. The Bertz CT molecular complexity index is 2070. The van der Waals surface area contributed by atoms with Crippen LogP contribution >= 0.6 is 0 Å². The predicted octanol–water partition coefficient (Wildman–Crippen LogP) is 5.86. The molecule has 4 atom stereocenters. The molecule has 14 nitrogen and oxygen atoms in total. The number of H-pyrrole nitrogens is 2. The van der Waals surface area contributed by atoms with Crippen LogP contribution in [-0.4, -0.2) is 92.9 Å². The number of methoxy groups -OCH3 is 2. The lowest BCUT2D eigenvalue weighted by atomic mass is 9.86. The van der Waals surface area contributed by atoms with E-state index in [0.717, 1.165) is 82.2 Å². The second kappa shape index (κ2) is 13.9. The van der Waals surface area contributed by atoms with Crippen molar-refractivity contribution in [2.75, 3.05) is 33.9 Å². The van der Waals surface area contributed by atoms with Gasteiger partial charge >= 0.3 is 12.2 Å². The number of nitrogens with one attached hydrogen (secondary N) is 3. The highest BCUT2D eigenvalue weighted by atomic mass is 16.5. The first kappa shape index (κ1) is 34.7. The van der Waals surface area contributed by atoms with Crippen molar-refractivity contribution in [3.63, 3.8) is 0 Å². The van der Waals surface area contributed by atoms with Crippen molar-refractivity contribution < 1.29 is 33.7 Å². The summed E-state index contributed by atoms with van der Waals surface area (Å²) < 4.78 is 16.5. The van der Waals surface area contributed by atoms with Gasteiger partial charge < -0.3 is 39.5 Å². The third kappa shape index (κ3) is 6.28. The van der Waals surface area contributed by atoms with E-state index in [-0.39, 0.29) is 29.8 Å². The smallest absolute Gasteiger partial charge is 0.407 e. The number of aromatic nitrogens is 4. The number of rotatable bonds is 8. The van der Waals surface area contributed by atoms with Gasteiger partial charge in [-0.2, -0.15) is 0 Å². The number of fused-ring (bicyclic) bond motifs is 6. The van der Waals surface area contributed by atoms with E-state index in [9.17, 15) is 19.5 Å². The summed E-state index contributed by atoms with van der Waals surface area (Å²) in [5, 5.41) is 12.5. The summed E-state index contributed by atoms with van der Waals surface area (Å²) in [5.74, 6) is 2.10. The summed E-state index contributed by atoms with van der Waals surface area (Å²) in [7, 11) is 2.93. The summed E-state index contributed by atoms with van der Waals surface area (Å²) in [6.07, 6.45) is 4.09. The zero-order valence-electron chi connectivity index (χ0n) is 30.4. The van der Waals surface area contributed by atoms with Gasteiger partial charge in [-0.05, 0) is 78.5 Å². The Morgan fingerprint density at radius 1 is 1.02 bits per heavy atom. The van der Waals surface area contributed by atoms with Crippen molar-refractivity contribution in [2.45, 2.75) is 70.7 Å². The molecule has 3 amide bonds. The first-order valence-corrected chi connectivity index (χ1v) is 18.3. The Balaban J connectivity index is 1.03. The Hall–Kier alpha value is -5.37. The topological polar surface area (TPSA) is 175 Å². The number of alkyl carbamates (subject to hydrolysis) is 1. The van der Waals surface area contributed by atoms with Gasteiger partial charge in [-0.15, -0.1) is 0 Å². The van der Waals surface area contributed by atoms with Crippen LogP contribution in [0.5, 0.6) is 5.75 Å². The molecule has 2 aromatic heterocycles. The van der Waals surface area contributed by atoms with E-state index in [1.165, 1.54) is 17.6 Å². The van der Waals surface area contributed by atoms with E-state index in [1.807, 2.05) is 18.7 Å². The maximum absolute atomic E-state index is 13.7. The summed E-state index contributed by atoms with van der Waals surface area (Å²) in [6.45, 7) is 5.75. The molecule has 4 N–H and O–H groups in total. The van der Waals surface area contributed by atoms with Gasteiger partial charge in [-0.3, -0.25) is 9.69 Å². The highest BCUT2D eigenvalue weighted by Crippen LogP contribution is 2.45. The summed E-state index contributed by atoms with van der Waals surface area (Å²) >= 11 is 0. The first-order valence-electron chi connectivity index (χ1n) is 18.3. The largest absolute Gasteiger partial charge is 0.488 e. The number of nitrogens with zero attached hydrogens (tertiary/aromatic N) is 4. The Morgan fingerprint density at radius 2 is 1.87 bits per heavy atom. The standard InChI is InChI=1S/C39H45N7O7/c1-20(2)33(44-38(48)52-4)37(47)45-11-5-6-30(45)36-41-28-10-8-22-14-27-25-9-7-23(13-24(25)19-53-32(27)15-26(22)34(28)43-36)29-16-40-35(42-29)31-12-21(18-51-3)17-46(31)39(49)50/h7,9,13-16,20-21,30-31,33H,5-6,8,10-12,17-19H2,1-4H3,(H,40,42)(H,41,43)(H,44,48)(H,49,50)/t21-,30-,31-,33?/m0/s1. The van der Waals surface area contributed by atoms with Crippen LogP contribution in [0.4, 0.5) is 9.59 Å². The quantitative estimate of drug-likeness (QED) is 0.174. The Morgan fingerprint density at radius 3 is 2.64 bits per heavy atom. The number of carbonyl (C=O) groups is 3. The monoisotopic (exact) mass is 723 g/mol. The maximum Gasteiger partial charge on any atom is 0.407 e. The highest BCUT2D eigenvalue weighted by molar-refractivity contribution is 5.87. The molecular formula is C39H45N7O7. The lowest BCUT2D eigenvalue weighted by molar-refractivity contribution is -0.135. The molecule has 53 heavy (non-hydrogen) atoms. The van der Waals surface area contributed by atoms with Gasteiger partial charge in [-0.1, -0.05) is 26.0 Å². The number of carboxylic acid groups (broad SMARTS) is 1. The number of aromatic amines is 2. The zero-order chi connectivity index (χ0) is 37.0. The molecule has 1 aliphatic carbocycles. The molecule has 2 fully saturated rings. The minimum atomic E-state index is -0.957. The van der Waals surface area contributed by atoms with Crippen molar-refractivity contribution in [3.8, 4) is 39.4 Å². The van der Waals surface area contributed by atoms with Crippen molar-refractivity contribution in [1.82, 2.24) is 35.1 Å². The minimum absolute atomic E-state index is 0.107. The molecule has 2 saturated heterocycles. The molecule has 4 aliphatic rings. The van der Waals surface area contributed by atoms with Crippen LogP contribution in [0, 0.1) is 11.8 Å². The third-order valence-corrected chi connectivity index (χ3v) is 11.2. The van der Waals surface area contributed by atoms with Crippen LogP contribution < -0.4 is 10.1 Å². The maximum atomic E-state index is 13.7. The zero-order valence-corrected chi connectivity index (χ0v) is 30.4. The van der Waals surface area contributed by atoms with Crippen LogP contribution in [0.15, 0.2) is 36.5 Å². The molecule has 0 bridgehead atoms. The molecular weight excluding hydrogens is 678 g/mol. The van der Waals surface area contributed by atoms with Gasteiger partial charge in [0.05, 0.1) is 49.1 Å². The Labute approximate surface area is 307 Å². The molecule has 3 aliphatic heterocycles. The molecule has 14 heteroatoms. The molecule has 4 aromatic rings. The van der Waals surface area contributed by atoms with Gasteiger partial charge in [0.2, 0.25) is 5.91 Å². The fourth-order valence-corrected chi connectivity index (χ4v) is 8.53. The van der Waals surface area contributed by atoms with Crippen LogP contribution in [0.3, 0.4) is 0 Å². The molecule has 2 aromatic carbocycles. The normalized spacial score (nSPS) is 20.7. The molecule has 1 unspecified atom stereocenters. The van der Waals surface area contributed by atoms with E-state index >= 15 is 0 Å². The number of hydrogen-bond donors (Lipinski definition) is 4. The van der Waals surface area contributed by atoms with Crippen molar-refractivity contribution in [1.29, 1.82) is 0 Å². The number of ether oxygens (including phenoxy) is 3. The first-order chi connectivity index (χ1) is 25.6. The summed E-state index contributed by atoms with van der Waals surface area (Å²) in [5.41, 5.74) is 9.22. The van der Waals surface area contributed by atoms with Gasteiger partial charge in [0.15, 0.2) is 0 Å². The van der Waals surface area contributed by atoms with Crippen molar-refractivity contribution >= 4 is 18.1 Å². The highest BCUT2D eigenvalue weighted by Gasteiger charge is 2.40. The SMILES string of the molecule is COC[C@H]1C[C@@H](c2ncc(-c3ccc4c(c3)COc3cc5c(cc3-4)CCc3nc([C@@H]4CCCN4C(=O)C(NC(=O)OC)C(C)C)[nH]c3-5)[nH]2)N(C(=O)O)C1. The van der Waals surface area contributed by atoms with E-state index in [2.05, 4.69) is 50.6 Å². The molecule has 0 saturated carbocycles. The van der Waals surface area contributed by atoms with Crippen molar-refractivity contribution in [2.24, 2.45) is 11.8 Å². The average Bonchev–Trinajstić information content (AvgIpc) is 3.98. The number of carbonyl (C=O) groups excluding carboxylic acids is 2. The number of amides is 3. The van der Waals surface area contributed by atoms with Gasteiger partial charge in [0.1, 0.15) is 30.0 Å². The lowest BCUT2D eigenvalue weighted by Crippen LogP contribution is -2.51. The van der Waals surface area contributed by atoms with Crippen LogP contribution in [0.2, 0.25) is 0 Å². The molecule has 0 radical (unpaired) electrons. The van der Waals surface area contributed by atoms with Gasteiger partial charge in [-0.25, -0.2) is 19.6 Å². The molecule has 0 spiro atoms. The van der Waals surface area contributed by atoms with Crippen LogP contribution in [0.1, 0.15) is 73.7 Å². The van der Waals surface area contributed by atoms with Gasteiger partial charge in [0.25, 0.3) is 0 Å². The molecule has 278 valence electrons. The Kier molecular flexibility index (Phi) is 9.09. The number of likely N-dealkylation sites (tertiary alicyclic amines) is 2. The van der Waals surface area contributed by atoms with Crippen molar-refractivity contribution in [3.05, 3.63) is 65.0 Å². The number of imidazole rings is 2. The van der Waals surface area contributed by atoms with Crippen LogP contribution in [0.25, 0.3) is 33.6 Å². The van der Waals surface area contributed by atoms with E-state index < -0.39 is 18.2 Å². The number of benzene rings is 2. The predicted molar refractivity (Wildman–Crippen MR) is 194 cm³/mol. The van der Waals surface area contributed by atoms with Gasteiger partial charge in [0, 0.05) is 37.2 Å². The van der Waals surface area contributed by atoms with E-state index in [1.54, 1.807) is 13.3 Å². The number of aryl methyl sites for hydroxylation is 2. The third-order valence-electron chi connectivity index (χ3n) is 11.2. The fourth-order valence-electron chi connectivity index (χ4n) is 8.53. The van der Waals surface area contributed by atoms with E-state index in [4.69, 9.17) is 19.2 Å². The summed E-state index contributed by atoms with van der Waals surface area (Å²) in [4.78, 5) is 57.7. The van der Waals surface area contributed by atoms with E-state index in [0.29, 0.717) is 38.5 Å². The average molecular weight is 724 g/mol. The fraction of sp³-hybridized carbons (Fsp3) is 0.462. The lowest BCUT2D eigenvalue weighted by Gasteiger charge is -2.30. The number of hydrogen-bond acceptors (Lipinski definition) is 8. The second-order valence-corrected chi connectivity index (χ2v) is 14.8. The van der Waals surface area contributed by atoms with Crippen LogP contribution in [-0.2, 0) is 33.7 Å². The molecule has 5 heterocycles. The minimum Gasteiger partial charge on any atom is -0.488 e. The second-order valence-electron chi connectivity index (χ2n) is 14.8. The molecule has 8 rings (SSSR count).